The summed E-state index contributed by atoms with van der Waals surface area (Å²) in [4.78, 5) is 6.78. The van der Waals surface area contributed by atoms with E-state index in [-0.39, 0.29) is 6.04 Å². The molecule has 0 saturated carbocycles. The molecule has 1 aromatic carbocycles. The maximum absolute atomic E-state index is 6.34. The number of ether oxygens (including phenoxy) is 1. The first-order valence-electron chi connectivity index (χ1n) is 9.10. The number of nitrogens with one attached hydrogen (secondary N) is 1. The van der Waals surface area contributed by atoms with E-state index in [1.54, 1.807) is 19.4 Å². The molecule has 0 amide bonds. The number of piperidine rings is 1. The van der Waals surface area contributed by atoms with Crippen molar-refractivity contribution >= 4 is 29.0 Å². The van der Waals surface area contributed by atoms with Crippen molar-refractivity contribution in [3.05, 3.63) is 64.4 Å². The minimum Gasteiger partial charge on any atom is -0.496 e. The average Bonchev–Trinajstić information content (AvgIpc) is 2.69. The van der Waals surface area contributed by atoms with Crippen molar-refractivity contribution in [1.82, 2.24) is 9.88 Å². The molecule has 0 aliphatic carbocycles. The van der Waals surface area contributed by atoms with Gasteiger partial charge in [-0.1, -0.05) is 35.8 Å². The number of hydrogen-bond donors (Lipinski definition) is 1. The summed E-state index contributed by atoms with van der Waals surface area (Å²) in [5.41, 5.74) is 2.13. The second-order valence-corrected chi connectivity index (χ2v) is 7.72. The predicted octanol–water partition coefficient (Wildman–Crippen LogP) is 5.80. The number of benzene rings is 1. The Bertz CT molecular complexity index is 790. The van der Waals surface area contributed by atoms with Crippen molar-refractivity contribution in [3.63, 3.8) is 0 Å². The fourth-order valence-electron chi connectivity index (χ4n) is 3.64. The van der Waals surface area contributed by atoms with Gasteiger partial charge in [-0.2, -0.15) is 0 Å². The molecule has 1 atom stereocenters. The smallest absolute Gasteiger partial charge is 0.126 e. The molecule has 1 N–H and O–H groups in total. The highest BCUT2D eigenvalue weighted by Crippen LogP contribution is 2.41. The van der Waals surface area contributed by atoms with Crippen molar-refractivity contribution in [3.8, 4) is 5.75 Å². The first-order valence-corrected chi connectivity index (χ1v) is 9.86. The lowest BCUT2D eigenvalue weighted by molar-refractivity contribution is 0.210. The topological polar surface area (TPSA) is 37.4 Å². The van der Waals surface area contributed by atoms with E-state index < -0.39 is 0 Å². The van der Waals surface area contributed by atoms with Gasteiger partial charge in [-0.15, -0.1) is 0 Å². The van der Waals surface area contributed by atoms with Gasteiger partial charge in [0.15, 0.2) is 0 Å². The SMILES string of the molecule is C=C(C)N1CCC(C(Nc2ccccn2)c2cc(Cl)c(Cl)cc2OC)CC1. The van der Waals surface area contributed by atoms with Crippen molar-refractivity contribution in [2.75, 3.05) is 25.5 Å². The van der Waals surface area contributed by atoms with Gasteiger partial charge >= 0.3 is 0 Å². The zero-order valence-electron chi connectivity index (χ0n) is 15.7. The van der Waals surface area contributed by atoms with Crippen molar-refractivity contribution in [2.45, 2.75) is 25.8 Å². The Morgan fingerprint density at radius 3 is 2.56 bits per heavy atom. The zero-order valence-corrected chi connectivity index (χ0v) is 17.2. The number of aromatic nitrogens is 1. The monoisotopic (exact) mass is 405 g/mol. The maximum atomic E-state index is 6.34. The van der Waals surface area contributed by atoms with Crippen LogP contribution < -0.4 is 10.1 Å². The van der Waals surface area contributed by atoms with Crippen LogP contribution in [0.2, 0.25) is 10.0 Å². The molecule has 3 rings (SSSR count). The van der Waals surface area contributed by atoms with Crippen LogP contribution in [0.25, 0.3) is 0 Å². The molecule has 1 aliphatic heterocycles. The summed E-state index contributed by atoms with van der Waals surface area (Å²) < 4.78 is 5.62. The number of allylic oxidation sites excluding steroid dienone is 1. The molecule has 6 heteroatoms. The van der Waals surface area contributed by atoms with Gasteiger partial charge in [-0.25, -0.2) is 4.98 Å². The van der Waals surface area contributed by atoms with E-state index in [0.29, 0.717) is 16.0 Å². The highest BCUT2D eigenvalue weighted by molar-refractivity contribution is 6.42. The quantitative estimate of drug-likeness (QED) is 0.658. The third kappa shape index (κ3) is 4.69. The maximum Gasteiger partial charge on any atom is 0.126 e. The number of methoxy groups -OCH3 is 1. The van der Waals surface area contributed by atoms with Gasteiger partial charge in [0.1, 0.15) is 11.6 Å². The predicted molar refractivity (Wildman–Crippen MR) is 113 cm³/mol. The van der Waals surface area contributed by atoms with Crippen LogP contribution in [0.15, 0.2) is 48.8 Å². The van der Waals surface area contributed by atoms with Crippen LogP contribution in [0, 0.1) is 5.92 Å². The minimum absolute atomic E-state index is 0.0249. The molecule has 27 heavy (non-hydrogen) atoms. The number of likely N-dealkylation sites (tertiary alicyclic amines) is 1. The van der Waals surface area contributed by atoms with Crippen LogP contribution >= 0.6 is 23.2 Å². The molecule has 1 unspecified atom stereocenters. The Morgan fingerprint density at radius 2 is 1.96 bits per heavy atom. The fourth-order valence-corrected chi connectivity index (χ4v) is 3.96. The fraction of sp³-hybridized carbons (Fsp3) is 0.381. The molecular formula is C21H25Cl2N3O. The van der Waals surface area contributed by atoms with Crippen molar-refractivity contribution < 1.29 is 4.74 Å². The molecule has 1 saturated heterocycles. The summed E-state index contributed by atoms with van der Waals surface area (Å²) in [6, 6.07) is 9.58. The largest absolute Gasteiger partial charge is 0.496 e. The summed E-state index contributed by atoms with van der Waals surface area (Å²) in [6.07, 6.45) is 3.87. The molecule has 1 aromatic heterocycles. The molecule has 1 fully saturated rings. The van der Waals surface area contributed by atoms with Crippen molar-refractivity contribution in [1.29, 1.82) is 0 Å². The van der Waals surface area contributed by atoms with Gasteiger partial charge in [0.2, 0.25) is 0 Å². The van der Waals surface area contributed by atoms with Gasteiger partial charge < -0.3 is 15.0 Å². The molecule has 0 spiro atoms. The lowest BCUT2D eigenvalue weighted by atomic mass is 9.84. The summed E-state index contributed by atoms with van der Waals surface area (Å²) >= 11 is 12.6. The zero-order chi connectivity index (χ0) is 19.4. The van der Waals surface area contributed by atoms with Crippen molar-refractivity contribution in [2.24, 2.45) is 5.92 Å². The molecule has 2 heterocycles. The van der Waals surface area contributed by atoms with E-state index in [1.165, 1.54) is 0 Å². The van der Waals surface area contributed by atoms with E-state index in [0.717, 1.165) is 48.8 Å². The molecule has 2 aromatic rings. The number of pyridine rings is 1. The van der Waals surface area contributed by atoms with E-state index in [4.69, 9.17) is 27.9 Å². The Hall–Kier alpha value is -1.91. The van der Waals surface area contributed by atoms with Gasteiger partial charge in [-0.3, -0.25) is 0 Å². The molecular weight excluding hydrogens is 381 g/mol. The normalized spacial score (nSPS) is 16.1. The summed E-state index contributed by atoms with van der Waals surface area (Å²) in [6.45, 7) is 8.11. The number of nitrogens with zero attached hydrogens (tertiary/aromatic N) is 2. The number of hydrogen-bond acceptors (Lipinski definition) is 4. The van der Waals surface area contributed by atoms with Crippen LogP contribution in [0.1, 0.15) is 31.4 Å². The first kappa shape index (κ1) is 19.8. The second kappa shape index (κ2) is 8.85. The van der Waals surface area contributed by atoms with E-state index in [9.17, 15) is 0 Å². The summed E-state index contributed by atoms with van der Waals surface area (Å²) in [7, 11) is 1.66. The second-order valence-electron chi connectivity index (χ2n) is 6.91. The summed E-state index contributed by atoms with van der Waals surface area (Å²) in [5.74, 6) is 1.98. The highest BCUT2D eigenvalue weighted by atomic mass is 35.5. The van der Waals surface area contributed by atoms with Crippen LogP contribution in [0.5, 0.6) is 5.75 Å². The first-order chi connectivity index (χ1) is 13.0. The third-order valence-electron chi connectivity index (χ3n) is 5.13. The van der Waals surface area contributed by atoms with Gasteiger partial charge in [-0.05, 0) is 43.9 Å². The van der Waals surface area contributed by atoms with Crippen LogP contribution in [0.4, 0.5) is 5.82 Å². The van der Waals surface area contributed by atoms with Crippen LogP contribution in [0.3, 0.4) is 0 Å². The van der Waals surface area contributed by atoms with Crippen LogP contribution in [-0.4, -0.2) is 30.1 Å². The van der Waals surface area contributed by atoms with Crippen LogP contribution in [-0.2, 0) is 0 Å². The third-order valence-corrected chi connectivity index (χ3v) is 5.85. The molecule has 0 radical (unpaired) electrons. The summed E-state index contributed by atoms with van der Waals surface area (Å²) in [5, 5.41) is 4.62. The highest BCUT2D eigenvalue weighted by Gasteiger charge is 2.30. The minimum atomic E-state index is 0.0249. The number of rotatable bonds is 6. The molecule has 1 aliphatic rings. The number of halogens is 2. The van der Waals surface area contributed by atoms with E-state index >= 15 is 0 Å². The van der Waals surface area contributed by atoms with Gasteiger partial charge in [0, 0.05) is 36.6 Å². The molecule has 0 bridgehead atoms. The Morgan fingerprint density at radius 1 is 1.26 bits per heavy atom. The standard InChI is InChI=1S/C21H25Cl2N3O/c1-14(2)26-10-7-15(8-11-26)21(25-20-6-4-5-9-24-20)16-12-17(22)18(23)13-19(16)27-3/h4-6,9,12-13,15,21H,1,7-8,10-11H2,2-3H3,(H,24,25). The van der Waals surface area contributed by atoms with Gasteiger partial charge in [0.05, 0.1) is 23.2 Å². The average molecular weight is 406 g/mol. The lowest BCUT2D eigenvalue weighted by Gasteiger charge is -2.38. The molecule has 144 valence electrons. The van der Waals surface area contributed by atoms with Gasteiger partial charge in [0.25, 0.3) is 0 Å². The Labute approximate surface area is 171 Å². The van der Waals surface area contributed by atoms with E-state index in [1.807, 2.05) is 24.3 Å². The Kier molecular flexibility index (Phi) is 6.51. The lowest BCUT2D eigenvalue weighted by Crippen LogP contribution is -2.36. The molecule has 4 nitrogen and oxygen atoms in total. The Balaban J connectivity index is 1.93. The number of anilines is 1. The van der Waals surface area contributed by atoms with E-state index in [2.05, 4.69) is 28.7 Å².